The third-order valence-electron chi connectivity index (χ3n) is 9.08. The second-order valence-electron chi connectivity index (χ2n) is 11.7. The lowest BCUT2D eigenvalue weighted by Crippen LogP contribution is -2.74. The number of nitrogens with zero attached hydrogens (tertiary/aromatic N) is 3. The van der Waals surface area contributed by atoms with Crippen LogP contribution in [0.1, 0.15) is 60.4 Å². The Morgan fingerprint density at radius 3 is 2.30 bits per heavy atom. The van der Waals surface area contributed by atoms with E-state index in [0.29, 0.717) is 22.2 Å². The van der Waals surface area contributed by atoms with Crippen molar-refractivity contribution in [1.29, 1.82) is 0 Å². The summed E-state index contributed by atoms with van der Waals surface area (Å²) >= 11 is 16.3. The van der Waals surface area contributed by atoms with Gasteiger partial charge in [-0.25, -0.2) is 0 Å². The monoisotopic (exact) mass is 651 g/mol. The number of likely N-dealkylation sites (N-methyl/N-ethyl adjacent to an activating group) is 2. The fourth-order valence-electron chi connectivity index (χ4n) is 6.92. The molecule has 218 valence electrons. The molecule has 0 spiro atoms. The number of likely N-dealkylation sites (tertiary alicyclic amines) is 1. The van der Waals surface area contributed by atoms with Crippen molar-refractivity contribution in [3.05, 3.63) is 68.1 Å². The lowest BCUT2D eigenvalue weighted by atomic mass is 9.79. The van der Waals surface area contributed by atoms with E-state index in [-0.39, 0.29) is 17.7 Å². The van der Waals surface area contributed by atoms with Crippen molar-refractivity contribution < 1.29 is 14.1 Å². The Morgan fingerprint density at radius 2 is 1.68 bits per heavy atom. The summed E-state index contributed by atoms with van der Waals surface area (Å²) in [5.74, 6) is 0.261. The summed E-state index contributed by atoms with van der Waals surface area (Å²) in [5, 5.41) is 4.53. The van der Waals surface area contributed by atoms with Crippen LogP contribution in [-0.4, -0.2) is 92.0 Å². The van der Waals surface area contributed by atoms with Gasteiger partial charge in [0, 0.05) is 70.4 Å². The maximum Gasteiger partial charge on any atom is 0.283 e. The molecule has 1 N–H and O–H groups in total. The number of halogens is 3. The minimum atomic E-state index is -0.423. The summed E-state index contributed by atoms with van der Waals surface area (Å²) in [4.78, 5) is 31.1. The van der Waals surface area contributed by atoms with Crippen molar-refractivity contribution in [2.45, 2.75) is 50.0 Å². The first-order chi connectivity index (χ1) is 19.1. The topological polar surface area (TPSA) is 52.7 Å². The first-order valence-corrected chi connectivity index (χ1v) is 15.9. The fourth-order valence-corrected chi connectivity index (χ4v) is 7.68. The highest BCUT2D eigenvalue weighted by molar-refractivity contribution is 9.10. The van der Waals surface area contributed by atoms with E-state index in [0.717, 1.165) is 79.3 Å². The molecule has 0 saturated carbocycles. The van der Waals surface area contributed by atoms with Gasteiger partial charge in [-0.2, -0.15) is 0 Å². The molecule has 2 aromatic carbocycles. The van der Waals surface area contributed by atoms with Crippen LogP contribution in [0.2, 0.25) is 10.0 Å². The minimum absolute atomic E-state index is 0.0305. The predicted octanol–water partition coefficient (Wildman–Crippen LogP) is 6.21. The van der Waals surface area contributed by atoms with E-state index in [9.17, 15) is 9.59 Å². The first kappa shape index (κ1) is 31.3. The number of carbonyl (C=O) groups is 2. The zero-order valence-electron chi connectivity index (χ0n) is 23.9. The average molecular weight is 654 g/mol. The number of hydrogen-bond acceptors (Lipinski definition) is 3. The van der Waals surface area contributed by atoms with Gasteiger partial charge in [-0.15, -0.1) is 0 Å². The van der Waals surface area contributed by atoms with Crippen LogP contribution in [0, 0.1) is 0 Å². The van der Waals surface area contributed by atoms with Gasteiger partial charge in [-0.1, -0.05) is 41.4 Å². The van der Waals surface area contributed by atoms with Gasteiger partial charge < -0.3 is 19.6 Å². The summed E-state index contributed by atoms with van der Waals surface area (Å²) in [5.41, 5.74) is 1.28. The molecular weight excluding hydrogens is 611 g/mol. The van der Waals surface area contributed by atoms with Crippen LogP contribution in [0.4, 0.5) is 0 Å². The normalized spacial score (nSPS) is 19.1. The largest absolute Gasteiger partial charge is 0.343 e. The molecule has 2 aliphatic heterocycles. The molecule has 0 radical (unpaired) electrons. The maximum absolute atomic E-state index is 14.0. The summed E-state index contributed by atoms with van der Waals surface area (Å²) in [6.45, 7) is 5.16. The molecule has 2 fully saturated rings. The van der Waals surface area contributed by atoms with Gasteiger partial charge in [0.05, 0.1) is 35.2 Å². The van der Waals surface area contributed by atoms with E-state index in [4.69, 9.17) is 23.2 Å². The number of amides is 2. The number of hydrogen-bond donors (Lipinski definition) is 1. The predicted molar refractivity (Wildman–Crippen MR) is 167 cm³/mol. The highest BCUT2D eigenvalue weighted by Crippen LogP contribution is 2.40. The van der Waals surface area contributed by atoms with E-state index in [2.05, 4.69) is 21.2 Å². The van der Waals surface area contributed by atoms with Crippen molar-refractivity contribution in [3.63, 3.8) is 0 Å². The Bertz CT molecular complexity index is 1200. The van der Waals surface area contributed by atoms with Crippen LogP contribution in [0.25, 0.3) is 0 Å². The van der Waals surface area contributed by atoms with E-state index in [1.54, 1.807) is 9.80 Å². The number of quaternary nitrogens is 1. The van der Waals surface area contributed by atoms with Crippen molar-refractivity contribution in [2.75, 3.05) is 60.4 Å². The van der Waals surface area contributed by atoms with Crippen molar-refractivity contribution in [3.8, 4) is 0 Å². The first-order valence-electron chi connectivity index (χ1n) is 14.3. The summed E-state index contributed by atoms with van der Waals surface area (Å²) in [6.07, 6.45) is 6.01. The highest BCUT2D eigenvalue weighted by atomic mass is 79.9. The number of carbonyl (C=O) groups excluding carboxylic acids is 2. The van der Waals surface area contributed by atoms with Crippen molar-refractivity contribution >= 4 is 50.9 Å². The van der Waals surface area contributed by atoms with Crippen molar-refractivity contribution in [2.24, 2.45) is 0 Å². The van der Waals surface area contributed by atoms with Crippen LogP contribution in [0.3, 0.4) is 0 Å². The number of rotatable bonds is 9. The summed E-state index contributed by atoms with van der Waals surface area (Å²) in [7, 11) is 5.65. The zero-order chi connectivity index (χ0) is 28.9. The van der Waals surface area contributed by atoms with Gasteiger partial charge in [0.25, 0.3) is 11.8 Å². The molecule has 9 heteroatoms. The molecule has 0 bridgehead atoms. The molecule has 1 unspecified atom stereocenters. The molecule has 0 aromatic heterocycles. The van der Waals surface area contributed by atoms with Gasteiger partial charge in [0.1, 0.15) is 0 Å². The Morgan fingerprint density at radius 1 is 1.00 bits per heavy atom. The van der Waals surface area contributed by atoms with Crippen molar-refractivity contribution in [1.82, 2.24) is 15.1 Å². The van der Waals surface area contributed by atoms with Crippen LogP contribution in [-0.2, 0) is 4.79 Å². The smallest absolute Gasteiger partial charge is 0.283 e. The molecule has 6 nitrogen and oxygen atoms in total. The number of benzene rings is 2. The van der Waals surface area contributed by atoms with Crippen LogP contribution < -0.4 is 5.32 Å². The Balaban J connectivity index is 1.66. The number of piperidine rings is 2. The molecule has 2 heterocycles. The molecule has 2 aliphatic rings. The maximum atomic E-state index is 14.0. The quantitative estimate of drug-likeness (QED) is 0.328. The highest BCUT2D eigenvalue weighted by Gasteiger charge is 2.57. The van der Waals surface area contributed by atoms with E-state index in [1.807, 2.05) is 63.6 Å². The molecule has 1 atom stereocenters. The molecule has 4 rings (SSSR count). The van der Waals surface area contributed by atoms with E-state index < -0.39 is 5.54 Å². The molecular formula is C31H42BrCl2N4O2+. The third kappa shape index (κ3) is 6.54. The summed E-state index contributed by atoms with van der Waals surface area (Å²) in [6, 6.07) is 13.3. The zero-order valence-corrected chi connectivity index (χ0v) is 27.0. The van der Waals surface area contributed by atoms with Crippen LogP contribution in [0.15, 0.2) is 46.9 Å². The average Bonchev–Trinajstić information content (AvgIpc) is 2.96. The molecule has 40 heavy (non-hydrogen) atoms. The Kier molecular flexibility index (Phi) is 10.6. The van der Waals surface area contributed by atoms with Crippen LogP contribution >= 0.6 is 39.1 Å². The molecule has 0 aliphatic carbocycles. The Labute approximate surface area is 257 Å². The second kappa shape index (κ2) is 13.6. The number of nitrogens with one attached hydrogen (secondary N) is 1. The molecule has 2 aromatic rings. The summed E-state index contributed by atoms with van der Waals surface area (Å²) < 4.78 is 1.61. The fraction of sp³-hybridized carbons (Fsp3) is 0.548. The van der Waals surface area contributed by atoms with E-state index in [1.165, 1.54) is 6.42 Å². The standard InChI is InChI=1S/C31H42BrCl2N4O2/c1-36(2)30(40)31(14-16-35-17-15-31)38(18-7-4-8-19-38)20-13-24(23-11-12-27(33)28(34)21-23)22-37(3)29(39)25-9-5-6-10-26(25)32/h5-6,9-12,21,24,35H,4,7-8,13-20,22H2,1-3H3/q+1. The lowest BCUT2D eigenvalue weighted by molar-refractivity contribution is -0.972. The van der Waals surface area contributed by atoms with E-state index >= 15 is 0 Å². The van der Waals surface area contributed by atoms with Gasteiger partial charge >= 0.3 is 0 Å². The molecule has 2 saturated heterocycles. The van der Waals surface area contributed by atoms with Gasteiger partial charge in [0.15, 0.2) is 5.54 Å². The molecule has 2 amide bonds. The lowest BCUT2D eigenvalue weighted by Gasteiger charge is -2.56. The van der Waals surface area contributed by atoms with Gasteiger partial charge in [-0.3, -0.25) is 9.59 Å². The van der Waals surface area contributed by atoms with Crippen LogP contribution in [0.5, 0.6) is 0 Å². The Hall–Kier alpha value is -1.64. The van der Waals surface area contributed by atoms with Gasteiger partial charge in [0.2, 0.25) is 0 Å². The second-order valence-corrected chi connectivity index (χ2v) is 13.4. The third-order valence-corrected chi connectivity index (χ3v) is 10.5. The van der Waals surface area contributed by atoms with Gasteiger partial charge in [-0.05, 0) is 65.0 Å². The minimum Gasteiger partial charge on any atom is -0.343 e. The SMILES string of the molecule is CN(C)C(=O)C1([N+]2(CCC(CN(C)C(=O)c3ccccc3Br)c3ccc(Cl)c(Cl)c3)CCCCC2)CCNCC1.